The number of ether oxygens (including phenoxy) is 1. The number of amides is 2. The van der Waals surface area contributed by atoms with Crippen LogP contribution in [0.5, 0.6) is 5.75 Å². The Hall–Kier alpha value is -2.50. The van der Waals surface area contributed by atoms with E-state index in [0.717, 1.165) is 46.9 Å². The summed E-state index contributed by atoms with van der Waals surface area (Å²) in [5.41, 5.74) is 3.40. The molecule has 2 amide bonds. The molecule has 1 aromatic heterocycles. The van der Waals surface area contributed by atoms with E-state index in [-0.39, 0.29) is 6.03 Å². The third kappa shape index (κ3) is 4.13. The minimum absolute atomic E-state index is 0.263. The number of aryl methyl sites for hydroxylation is 2. The van der Waals surface area contributed by atoms with Crippen LogP contribution in [-0.4, -0.2) is 17.3 Å². The van der Waals surface area contributed by atoms with Crippen molar-refractivity contribution in [1.82, 2.24) is 10.5 Å². The van der Waals surface area contributed by atoms with Gasteiger partial charge in [0.25, 0.3) is 0 Å². The van der Waals surface area contributed by atoms with Crippen molar-refractivity contribution in [1.29, 1.82) is 0 Å². The number of hydrogen-bond acceptors (Lipinski definition) is 4. The highest BCUT2D eigenvalue weighted by Crippen LogP contribution is 2.30. The third-order valence-electron chi connectivity index (χ3n) is 4.74. The number of urea groups is 1. The van der Waals surface area contributed by atoms with Crippen molar-refractivity contribution in [2.75, 3.05) is 5.32 Å². The number of nitrogens with one attached hydrogen (secondary N) is 2. The largest absolute Gasteiger partial charge is 0.490 e. The van der Waals surface area contributed by atoms with Gasteiger partial charge in [-0.1, -0.05) is 11.2 Å². The molecule has 1 aliphatic carbocycles. The van der Waals surface area contributed by atoms with Crippen LogP contribution in [0.1, 0.15) is 48.3 Å². The number of hydrogen-bond donors (Lipinski definition) is 2. The molecule has 1 aliphatic rings. The van der Waals surface area contributed by atoms with Crippen molar-refractivity contribution < 1.29 is 14.1 Å². The predicted molar refractivity (Wildman–Crippen MR) is 95.9 cm³/mol. The fourth-order valence-electron chi connectivity index (χ4n) is 3.15. The molecular weight excluding hydrogens is 318 g/mol. The van der Waals surface area contributed by atoms with Crippen molar-refractivity contribution in [3.05, 3.63) is 40.8 Å². The molecule has 25 heavy (non-hydrogen) atoms. The number of nitrogens with zero attached hydrogens (tertiary/aromatic N) is 1. The number of anilines is 1. The summed E-state index contributed by atoms with van der Waals surface area (Å²) < 4.78 is 11.2. The van der Waals surface area contributed by atoms with Gasteiger partial charge in [0.2, 0.25) is 0 Å². The van der Waals surface area contributed by atoms with Crippen molar-refractivity contribution in [2.45, 2.75) is 59.1 Å². The Balaban J connectivity index is 1.61. The molecule has 1 saturated carbocycles. The summed E-state index contributed by atoms with van der Waals surface area (Å²) in [6.07, 6.45) is 4.96. The minimum atomic E-state index is -0.263. The molecule has 0 unspecified atom stereocenters. The Bertz CT molecular complexity index is 729. The Morgan fingerprint density at radius 2 is 2.04 bits per heavy atom. The molecule has 2 aromatic rings. The first kappa shape index (κ1) is 17.3. The van der Waals surface area contributed by atoms with Gasteiger partial charge in [0.15, 0.2) is 0 Å². The predicted octanol–water partition coefficient (Wildman–Crippen LogP) is 4.24. The highest BCUT2D eigenvalue weighted by molar-refractivity contribution is 5.90. The normalized spacial score (nSPS) is 14.5. The number of benzene rings is 1. The highest BCUT2D eigenvalue weighted by atomic mass is 16.5. The zero-order chi connectivity index (χ0) is 17.8. The van der Waals surface area contributed by atoms with Gasteiger partial charge in [0.05, 0.1) is 11.8 Å². The van der Waals surface area contributed by atoms with Crippen LogP contribution in [0.2, 0.25) is 0 Å². The molecule has 1 heterocycles. The number of rotatable bonds is 5. The van der Waals surface area contributed by atoms with E-state index in [9.17, 15) is 4.79 Å². The second-order valence-electron chi connectivity index (χ2n) is 6.56. The molecule has 0 bridgehead atoms. The molecule has 6 heteroatoms. The lowest BCUT2D eigenvalue weighted by Crippen LogP contribution is -2.29. The maximum atomic E-state index is 12.2. The van der Waals surface area contributed by atoms with Gasteiger partial charge in [-0.3, -0.25) is 0 Å². The van der Waals surface area contributed by atoms with Gasteiger partial charge in [0.1, 0.15) is 11.5 Å². The lowest BCUT2D eigenvalue weighted by Gasteiger charge is -2.17. The molecule has 3 rings (SSSR count). The standard InChI is InChI=1S/C19H25N3O3/c1-12-17(9-6-10-18(12)24-15-7-4-5-8-15)21-19(23)20-11-16-13(2)22-25-14(16)3/h6,9-10,15H,4-5,7-8,11H2,1-3H3,(H2,20,21,23). The van der Waals surface area contributed by atoms with Crippen LogP contribution in [0.4, 0.5) is 10.5 Å². The van der Waals surface area contributed by atoms with Gasteiger partial charge in [0, 0.05) is 23.4 Å². The van der Waals surface area contributed by atoms with E-state index in [4.69, 9.17) is 9.26 Å². The third-order valence-corrected chi connectivity index (χ3v) is 4.74. The molecule has 0 radical (unpaired) electrons. The SMILES string of the molecule is Cc1noc(C)c1CNC(=O)Nc1cccc(OC2CCCC2)c1C. The second-order valence-corrected chi connectivity index (χ2v) is 6.56. The molecule has 134 valence electrons. The number of aromatic nitrogens is 1. The van der Waals surface area contributed by atoms with Gasteiger partial charge in [-0.15, -0.1) is 0 Å². The average molecular weight is 343 g/mol. The monoisotopic (exact) mass is 343 g/mol. The van der Waals surface area contributed by atoms with Gasteiger partial charge >= 0.3 is 6.03 Å². The highest BCUT2D eigenvalue weighted by Gasteiger charge is 2.18. The quantitative estimate of drug-likeness (QED) is 0.851. The summed E-state index contributed by atoms with van der Waals surface area (Å²) in [6, 6.07) is 5.48. The van der Waals surface area contributed by atoms with Crippen LogP contribution in [0, 0.1) is 20.8 Å². The topological polar surface area (TPSA) is 76.4 Å². The summed E-state index contributed by atoms with van der Waals surface area (Å²) in [4.78, 5) is 12.2. The zero-order valence-electron chi connectivity index (χ0n) is 15.0. The lowest BCUT2D eigenvalue weighted by atomic mass is 10.1. The number of carbonyl (C=O) groups excluding carboxylic acids is 1. The van der Waals surface area contributed by atoms with Crippen molar-refractivity contribution in [2.24, 2.45) is 0 Å². The fraction of sp³-hybridized carbons (Fsp3) is 0.474. The first-order valence-electron chi connectivity index (χ1n) is 8.77. The van der Waals surface area contributed by atoms with Crippen LogP contribution < -0.4 is 15.4 Å². The Morgan fingerprint density at radius 1 is 1.28 bits per heavy atom. The maximum absolute atomic E-state index is 12.2. The maximum Gasteiger partial charge on any atom is 0.319 e. The van der Waals surface area contributed by atoms with Crippen molar-refractivity contribution in [3.8, 4) is 5.75 Å². The van der Waals surface area contributed by atoms with Gasteiger partial charge in [-0.25, -0.2) is 4.79 Å². The molecule has 0 saturated heterocycles. The van der Waals surface area contributed by atoms with Crippen molar-refractivity contribution >= 4 is 11.7 Å². The minimum Gasteiger partial charge on any atom is -0.490 e. The van der Waals surface area contributed by atoms with E-state index in [1.165, 1.54) is 12.8 Å². The first-order valence-corrected chi connectivity index (χ1v) is 8.77. The summed E-state index contributed by atoms with van der Waals surface area (Å²) in [5.74, 6) is 1.57. The van der Waals surface area contributed by atoms with Crippen LogP contribution >= 0.6 is 0 Å². The molecule has 1 aromatic carbocycles. The van der Waals surface area contributed by atoms with E-state index in [0.29, 0.717) is 12.6 Å². The summed E-state index contributed by atoms with van der Waals surface area (Å²) in [6.45, 7) is 6.04. The van der Waals surface area contributed by atoms with E-state index < -0.39 is 0 Å². The smallest absolute Gasteiger partial charge is 0.319 e. The van der Waals surface area contributed by atoms with Crippen LogP contribution in [0.25, 0.3) is 0 Å². The van der Waals surface area contributed by atoms with E-state index in [1.807, 2.05) is 39.0 Å². The summed E-state index contributed by atoms with van der Waals surface area (Å²) in [7, 11) is 0. The second kappa shape index (κ2) is 7.59. The van der Waals surface area contributed by atoms with E-state index >= 15 is 0 Å². The van der Waals surface area contributed by atoms with Gasteiger partial charge in [-0.2, -0.15) is 0 Å². The zero-order valence-corrected chi connectivity index (χ0v) is 15.0. The average Bonchev–Trinajstić information content (AvgIpc) is 3.20. The fourth-order valence-corrected chi connectivity index (χ4v) is 3.15. The molecule has 2 N–H and O–H groups in total. The first-order chi connectivity index (χ1) is 12.0. The molecule has 1 fully saturated rings. The molecule has 6 nitrogen and oxygen atoms in total. The van der Waals surface area contributed by atoms with Crippen LogP contribution in [0.3, 0.4) is 0 Å². The van der Waals surface area contributed by atoms with Gasteiger partial charge in [-0.05, 0) is 58.6 Å². The summed E-state index contributed by atoms with van der Waals surface area (Å²) >= 11 is 0. The van der Waals surface area contributed by atoms with E-state index in [2.05, 4.69) is 15.8 Å². The van der Waals surface area contributed by atoms with Crippen molar-refractivity contribution in [3.63, 3.8) is 0 Å². The Labute approximate surface area is 147 Å². The molecule has 0 atom stereocenters. The van der Waals surface area contributed by atoms with E-state index in [1.54, 1.807) is 0 Å². The van der Waals surface area contributed by atoms with Crippen LogP contribution in [0.15, 0.2) is 22.7 Å². The summed E-state index contributed by atoms with van der Waals surface area (Å²) in [5, 5.41) is 9.63. The number of carbonyl (C=O) groups is 1. The molecular formula is C19H25N3O3. The van der Waals surface area contributed by atoms with Gasteiger partial charge < -0.3 is 19.9 Å². The molecule has 0 aliphatic heterocycles. The molecule has 0 spiro atoms. The Kier molecular flexibility index (Phi) is 5.26. The Morgan fingerprint density at radius 3 is 2.72 bits per heavy atom. The van der Waals surface area contributed by atoms with Crippen LogP contribution in [-0.2, 0) is 6.54 Å². The lowest BCUT2D eigenvalue weighted by molar-refractivity contribution is 0.209.